The summed E-state index contributed by atoms with van der Waals surface area (Å²) in [5, 5.41) is 6.61. The summed E-state index contributed by atoms with van der Waals surface area (Å²) in [5.41, 5.74) is 3.31. The number of benzene rings is 1. The zero-order valence-corrected chi connectivity index (χ0v) is 16.5. The molecule has 0 spiro atoms. The Balaban J connectivity index is 1.72. The van der Waals surface area contributed by atoms with Crippen LogP contribution in [0.2, 0.25) is 0 Å². The first-order valence-corrected chi connectivity index (χ1v) is 9.71. The first kappa shape index (κ1) is 18.3. The van der Waals surface area contributed by atoms with Gasteiger partial charge in [0, 0.05) is 36.9 Å². The minimum atomic E-state index is 0.368. The number of methoxy groups -OCH3 is 2. The lowest BCUT2D eigenvalue weighted by molar-refractivity contribution is 0.178. The molecule has 0 radical (unpaired) electrons. The first-order chi connectivity index (χ1) is 13.8. The topological polar surface area (TPSA) is 69.2 Å². The molecule has 0 bridgehead atoms. The fourth-order valence-corrected chi connectivity index (χ4v) is 3.93. The molecule has 0 aliphatic carbocycles. The van der Waals surface area contributed by atoms with Gasteiger partial charge < -0.3 is 14.8 Å². The largest absolute Gasteiger partial charge is 0.481 e. The van der Waals surface area contributed by atoms with Gasteiger partial charge in [0.25, 0.3) is 0 Å². The number of pyridine rings is 1. The number of nitrogens with zero attached hydrogens (tertiary/aromatic N) is 3. The van der Waals surface area contributed by atoms with E-state index in [1.54, 1.807) is 31.8 Å². The van der Waals surface area contributed by atoms with E-state index in [0.29, 0.717) is 24.9 Å². The zero-order chi connectivity index (χ0) is 19.3. The molecule has 0 unspecified atom stereocenters. The number of rotatable bonds is 7. The molecule has 3 heterocycles. The van der Waals surface area contributed by atoms with Crippen molar-refractivity contribution in [2.75, 3.05) is 19.5 Å². The van der Waals surface area contributed by atoms with Crippen LogP contribution in [0.1, 0.15) is 11.4 Å². The van der Waals surface area contributed by atoms with Crippen molar-refractivity contribution in [1.82, 2.24) is 15.0 Å². The van der Waals surface area contributed by atoms with Gasteiger partial charge >= 0.3 is 0 Å². The van der Waals surface area contributed by atoms with Gasteiger partial charge in [-0.15, -0.1) is 11.3 Å². The second kappa shape index (κ2) is 8.33. The summed E-state index contributed by atoms with van der Waals surface area (Å²) in [6, 6.07) is 14.1. The van der Waals surface area contributed by atoms with Crippen LogP contribution < -0.4 is 10.1 Å². The maximum atomic E-state index is 5.24. The third kappa shape index (κ3) is 3.81. The lowest BCUT2D eigenvalue weighted by Gasteiger charge is -2.11. The van der Waals surface area contributed by atoms with Crippen molar-refractivity contribution in [2.45, 2.75) is 13.2 Å². The normalized spacial score (nSPS) is 10.9. The van der Waals surface area contributed by atoms with Gasteiger partial charge in [-0.1, -0.05) is 36.4 Å². The fourth-order valence-electron chi connectivity index (χ4n) is 2.96. The Morgan fingerprint density at radius 1 is 1.04 bits per heavy atom. The van der Waals surface area contributed by atoms with E-state index in [-0.39, 0.29) is 0 Å². The van der Waals surface area contributed by atoms with Gasteiger partial charge in [-0.2, -0.15) is 0 Å². The molecule has 0 fully saturated rings. The minimum absolute atomic E-state index is 0.368. The third-order valence-electron chi connectivity index (χ3n) is 4.30. The van der Waals surface area contributed by atoms with Gasteiger partial charge in [0.05, 0.1) is 12.5 Å². The Labute approximate surface area is 167 Å². The summed E-state index contributed by atoms with van der Waals surface area (Å²) < 4.78 is 10.4. The molecule has 0 amide bonds. The second-order valence-electron chi connectivity index (χ2n) is 6.18. The molecule has 0 saturated heterocycles. The lowest BCUT2D eigenvalue weighted by atomic mass is 10.1. The van der Waals surface area contributed by atoms with E-state index in [4.69, 9.17) is 14.5 Å². The van der Waals surface area contributed by atoms with E-state index in [9.17, 15) is 0 Å². The molecular formula is C21H20N4O2S. The molecule has 28 heavy (non-hydrogen) atoms. The fraction of sp³-hybridized carbons (Fsp3) is 0.190. The summed E-state index contributed by atoms with van der Waals surface area (Å²) >= 11 is 1.61. The molecule has 6 nitrogen and oxygen atoms in total. The Morgan fingerprint density at radius 2 is 1.89 bits per heavy atom. The molecule has 4 aromatic rings. The molecule has 3 aromatic heterocycles. The third-order valence-corrected chi connectivity index (χ3v) is 5.18. The van der Waals surface area contributed by atoms with Crippen LogP contribution in [-0.4, -0.2) is 29.2 Å². The van der Waals surface area contributed by atoms with Crippen LogP contribution >= 0.6 is 11.3 Å². The van der Waals surface area contributed by atoms with Crippen molar-refractivity contribution in [3.05, 3.63) is 65.4 Å². The average molecular weight is 392 g/mol. The molecule has 0 aliphatic heterocycles. The molecule has 0 aliphatic rings. The van der Waals surface area contributed by atoms with Crippen LogP contribution in [-0.2, 0) is 17.9 Å². The highest BCUT2D eigenvalue weighted by Crippen LogP contribution is 2.37. The van der Waals surface area contributed by atoms with E-state index in [2.05, 4.69) is 32.8 Å². The highest BCUT2D eigenvalue weighted by atomic mass is 32.1. The first-order valence-electron chi connectivity index (χ1n) is 8.83. The Morgan fingerprint density at radius 3 is 2.61 bits per heavy atom. The number of ether oxygens (including phenoxy) is 2. The number of thiophene rings is 1. The molecular weight excluding hydrogens is 372 g/mol. The number of hydrogen-bond acceptors (Lipinski definition) is 7. The molecule has 1 N–H and O–H groups in total. The van der Waals surface area contributed by atoms with Crippen molar-refractivity contribution in [2.24, 2.45) is 0 Å². The molecule has 0 atom stereocenters. The van der Waals surface area contributed by atoms with Crippen molar-refractivity contribution < 1.29 is 9.47 Å². The maximum Gasteiger partial charge on any atom is 0.212 e. The van der Waals surface area contributed by atoms with Crippen LogP contribution in [0, 0.1) is 0 Å². The summed E-state index contributed by atoms with van der Waals surface area (Å²) in [4.78, 5) is 14.6. The van der Waals surface area contributed by atoms with Crippen LogP contribution in [0.5, 0.6) is 5.88 Å². The number of nitrogens with one attached hydrogen (secondary N) is 1. The zero-order valence-electron chi connectivity index (χ0n) is 15.7. The number of aromatic nitrogens is 3. The molecule has 7 heteroatoms. The average Bonchev–Trinajstić information content (AvgIpc) is 3.17. The predicted molar refractivity (Wildman–Crippen MR) is 112 cm³/mol. The highest BCUT2D eigenvalue weighted by molar-refractivity contribution is 7.17. The standard InChI is InChI=1S/C21H20N4O2S/c1-26-12-17-24-20(23-11-14-8-9-18(27-2)22-10-14)19-16(13-28-21(19)25-17)15-6-4-3-5-7-15/h3-10,13H,11-12H2,1-2H3,(H,23,24,25). The van der Waals surface area contributed by atoms with Crippen LogP contribution in [0.15, 0.2) is 54.0 Å². The predicted octanol–water partition coefficient (Wildman–Crippen LogP) is 4.52. The maximum absolute atomic E-state index is 5.24. The second-order valence-corrected chi connectivity index (χ2v) is 7.04. The van der Waals surface area contributed by atoms with Crippen molar-refractivity contribution in [1.29, 1.82) is 0 Å². The number of fused-ring (bicyclic) bond motifs is 1. The van der Waals surface area contributed by atoms with Crippen molar-refractivity contribution in [3.63, 3.8) is 0 Å². The SMILES string of the molecule is COCc1nc(NCc2ccc(OC)nc2)c2c(-c3ccccc3)csc2n1. The highest BCUT2D eigenvalue weighted by Gasteiger charge is 2.15. The summed E-state index contributed by atoms with van der Waals surface area (Å²) in [6.07, 6.45) is 1.80. The van der Waals surface area contributed by atoms with Crippen LogP contribution in [0.25, 0.3) is 21.3 Å². The van der Waals surface area contributed by atoms with Gasteiger partial charge in [0.2, 0.25) is 5.88 Å². The van der Waals surface area contributed by atoms with Gasteiger partial charge in [-0.05, 0) is 11.1 Å². The molecule has 142 valence electrons. The molecule has 1 aromatic carbocycles. The number of anilines is 1. The van der Waals surface area contributed by atoms with E-state index in [1.165, 1.54) is 0 Å². The summed E-state index contributed by atoms with van der Waals surface area (Å²) in [5.74, 6) is 2.06. The Bertz CT molecular complexity index is 1070. The van der Waals surface area contributed by atoms with Gasteiger partial charge in [-0.3, -0.25) is 0 Å². The lowest BCUT2D eigenvalue weighted by Crippen LogP contribution is -2.06. The summed E-state index contributed by atoms with van der Waals surface area (Å²) in [7, 11) is 3.25. The van der Waals surface area contributed by atoms with Crippen molar-refractivity contribution >= 4 is 27.4 Å². The van der Waals surface area contributed by atoms with E-state index < -0.39 is 0 Å². The monoisotopic (exact) mass is 392 g/mol. The Kier molecular flexibility index (Phi) is 5.45. The van der Waals surface area contributed by atoms with Gasteiger partial charge in [-0.25, -0.2) is 15.0 Å². The van der Waals surface area contributed by atoms with E-state index >= 15 is 0 Å². The quantitative estimate of drug-likeness (QED) is 0.499. The van der Waals surface area contributed by atoms with E-state index in [0.717, 1.165) is 32.7 Å². The van der Waals surface area contributed by atoms with Gasteiger partial charge in [0.1, 0.15) is 17.3 Å². The summed E-state index contributed by atoms with van der Waals surface area (Å²) in [6.45, 7) is 0.965. The molecule has 0 saturated carbocycles. The minimum Gasteiger partial charge on any atom is -0.481 e. The Hall–Kier alpha value is -3.03. The molecule has 4 rings (SSSR count). The number of hydrogen-bond donors (Lipinski definition) is 1. The van der Waals surface area contributed by atoms with Crippen LogP contribution in [0.4, 0.5) is 5.82 Å². The van der Waals surface area contributed by atoms with Crippen molar-refractivity contribution in [3.8, 4) is 17.0 Å². The van der Waals surface area contributed by atoms with E-state index in [1.807, 2.05) is 30.3 Å². The smallest absolute Gasteiger partial charge is 0.212 e. The van der Waals surface area contributed by atoms with Crippen LogP contribution in [0.3, 0.4) is 0 Å². The van der Waals surface area contributed by atoms with Gasteiger partial charge in [0.15, 0.2) is 5.82 Å².